The summed E-state index contributed by atoms with van der Waals surface area (Å²) in [5, 5.41) is 14.0. The third kappa shape index (κ3) is 4.03. The highest BCUT2D eigenvalue weighted by molar-refractivity contribution is 6.04. The molecule has 12 heteroatoms. The number of rotatable bonds is 5. The largest absolute Gasteiger partial charge is 0.478 e. The molecule has 3 aromatic rings. The van der Waals surface area contributed by atoms with Crippen LogP contribution in [0.2, 0.25) is 0 Å². The summed E-state index contributed by atoms with van der Waals surface area (Å²) in [7, 11) is 2.69. The minimum Gasteiger partial charge on any atom is -0.478 e. The van der Waals surface area contributed by atoms with Gasteiger partial charge in [0.25, 0.3) is 11.5 Å². The monoisotopic (exact) mass is 426 g/mol. The molecule has 0 bridgehead atoms. The van der Waals surface area contributed by atoms with Crippen molar-refractivity contribution in [2.75, 3.05) is 5.32 Å². The Morgan fingerprint density at radius 2 is 1.77 bits per heavy atom. The van der Waals surface area contributed by atoms with Gasteiger partial charge < -0.3 is 15.7 Å². The molecule has 12 nitrogen and oxygen atoms in total. The number of carboxylic acid groups (broad SMARTS) is 1. The molecule has 1 atom stereocenters. The number of aromatic nitrogens is 4. The van der Waals surface area contributed by atoms with Crippen LogP contribution in [0.15, 0.2) is 40.1 Å². The number of hydrogen-bond acceptors (Lipinski definition) is 7. The molecule has 3 N–H and O–H groups in total. The number of carboxylic acids is 1. The van der Waals surface area contributed by atoms with Crippen LogP contribution in [-0.2, 0) is 18.9 Å². The van der Waals surface area contributed by atoms with E-state index >= 15 is 0 Å². The van der Waals surface area contributed by atoms with E-state index in [0.717, 1.165) is 15.3 Å². The molecule has 2 aromatic heterocycles. The molecular formula is C19H18N6O6. The molecule has 3 rings (SSSR count). The maximum Gasteiger partial charge on any atom is 0.337 e. The third-order valence-electron chi connectivity index (χ3n) is 4.54. The van der Waals surface area contributed by atoms with E-state index in [0.29, 0.717) is 0 Å². The minimum atomic E-state index is -1.21. The number of amides is 2. The van der Waals surface area contributed by atoms with E-state index in [2.05, 4.69) is 20.6 Å². The van der Waals surface area contributed by atoms with Crippen LogP contribution >= 0.6 is 0 Å². The first-order valence-corrected chi connectivity index (χ1v) is 8.98. The summed E-state index contributed by atoms with van der Waals surface area (Å²) in [4.78, 5) is 68.4. The zero-order valence-corrected chi connectivity index (χ0v) is 16.7. The lowest BCUT2D eigenvalue weighted by Crippen LogP contribution is -2.42. The Morgan fingerprint density at radius 1 is 1.10 bits per heavy atom. The van der Waals surface area contributed by atoms with Crippen LogP contribution in [0.5, 0.6) is 0 Å². The van der Waals surface area contributed by atoms with E-state index in [4.69, 9.17) is 0 Å². The van der Waals surface area contributed by atoms with Crippen LogP contribution < -0.4 is 21.9 Å². The molecule has 0 saturated carbocycles. The summed E-state index contributed by atoms with van der Waals surface area (Å²) < 4.78 is 1.97. The van der Waals surface area contributed by atoms with Crippen LogP contribution in [0.4, 0.5) is 5.69 Å². The van der Waals surface area contributed by atoms with Crippen LogP contribution in [0, 0.1) is 0 Å². The van der Waals surface area contributed by atoms with Gasteiger partial charge in [-0.2, -0.15) is 0 Å². The fraction of sp³-hybridized carbons (Fsp3) is 0.211. The van der Waals surface area contributed by atoms with Crippen molar-refractivity contribution in [2.24, 2.45) is 14.1 Å². The number of nitrogens with one attached hydrogen (secondary N) is 2. The highest BCUT2D eigenvalue weighted by atomic mass is 16.4. The van der Waals surface area contributed by atoms with Gasteiger partial charge in [-0.25, -0.2) is 19.6 Å². The van der Waals surface area contributed by atoms with Crippen LogP contribution in [0.3, 0.4) is 0 Å². The normalized spacial score (nSPS) is 11.7. The number of carbonyl (C=O) groups is 3. The van der Waals surface area contributed by atoms with Crippen LogP contribution in [0.1, 0.15) is 27.8 Å². The quantitative estimate of drug-likeness (QED) is 0.490. The number of para-hydroxylation sites is 1. The molecule has 0 fully saturated rings. The highest BCUT2D eigenvalue weighted by Crippen LogP contribution is 2.15. The van der Waals surface area contributed by atoms with Crippen molar-refractivity contribution in [3.8, 4) is 0 Å². The van der Waals surface area contributed by atoms with Crippen molar-refractivity contribution >= 4 is 34.6 Å². The second kappa shape index (κ2) is 8.18. The third-order valence-corrected chi connectivity index (χ3v) is 4.54. The van der Waals surface area contributed by atoms with Gasteiger partial charge in [0.2, 0.25) is 5.91 Å². The Labute approximate surface area is 174 Å². The smallest absolute Gasteiger partial charge is 0.337 e. The van der Waals surface area contributed by atoms with Gasteiger partial charge in [0.15, 0.2) is 11.2 Å². The molecule has 0 unspecified atom stereocenters. The molecule has 0 radical (unpaired) electrons. The average molecular weight is 426 g/mol. The molecule has 160 valence electrons. The molecule has 2 amide bonds. The first kappa shape index (κ1) is 21.4. The first-order valence-electron chi connectivity index (χ1n) is 8.98. The predicted octanol–water partition coefficient (Wildman–Crippen LogP) is -0.518. The Balaban J connectivity index is 1.82. The van der Waals surface area contributed by atoms with Gasteiger partial charge in [-0.05, 0) is 19.1 Å². The second-order valence-corrected chi connectivity index (χ2v) is 6.67. The lowest BCUT2D eigenvalue weighted by atomic mass is 10.1. The summed E-state index contributed by atoms with van der Waals surface area (Å²) in [6, 6.07) is 4.77. The van der Waals surface area contributed by atoms with Crippen molar-refractivity contribution < 1.29 is 19.5 Å². The number of aryl methyl sites for hydroxylation is 1. The van der Waals surface area contributed by atoms with Crippen LogP contribution in [0.25, 0.3) is 11.2 Å². The molecular weight excluding hydrogens is 408 g/mol. The fourth-order valence-corrected chi connectivity index (χ4v) is 2.80. The molecule has 0 aliphatic rings. The Kier molecular flexibility index (Phi) is 5.64. The average Bonchev–Trinajstić information content (AvgIpc) is 2.75. The fourth-order valence-electron chi connectivity index (χ4n) is 2.80. The minimum absolute atomic E-state index is 0.0146. The van der Waals surface area contributed by atoms with Crippen LogP contribution in [-0.4, -0.2) is 48.0 Å². The number of hydrogen-bond donors (Lipinski definition) is 3. The Bertz CT molecular complexity index is 1340. The molecule has 1 aromatic carbocycles. The van der Waals surface area contributed by atoms with Crippen molar-refractivity contribution in [3.63, 3.8) is 0 Å². The molecule has 0 aliphatic heterocycles. The molecule has 0 saturated heterocycles. The zero-order chi connectivity index (χ0) is 22.9. The molecule has 0 aliphatic carbocycles. The van der Waals surface area contributed by atoms with Crippen molar-refractivity contribution in [1.82, 2.24) is 24.4 Å². The number of carbonyl (C=O) groups excluding carboxylic acids is 2. The SMILES string of the molecule is C[C@H](NC(=O)c1cnc2c(n1)c(=O)n(C)c(=O)n2C)C(=O)Nc1ccccc1C(=O)O. The Morgan fingerprint density at radius 3 is 2.45 bits per heavy atom. The molecule has 31 heavy (non-hydrogen) atoms. The summed E-state index contributed by atoms with van der Waals surface area (Å²) in [6.45, 7) is 1.40. The van der Waals surface area contributed by atoms with E-state index in [1.54, 1.807) is 6.07 Å². The van der Waals surface area contributed by atoms with Gasteiger partial charge in [0, 0.05) is 14.1 Å². The summed E-state index contributed by atoms with van der Waals surface area (Å²) in [5.74, 6) is -2.65. The van der Waals surface area contributed by atoms with Gasteiger partial charge >= 0.3 is 11.7 Å². The van der Waals surface area contributed by atoms with Crippen molar-refractivity contribution in [1.29, 1.82) is 0 Å². The topological polar surface area (TPSA) is 165 Å². The second-order valence-electron chi connectivity index (χ2n) is 6.67. The number of anilines is 1. The van der Waals surface area contributed by atoms with Gasteiger partial charge in [0.1, 0.15) is 11.7 Å². The van der Waals surface area contributed by atoms with E-state index in [-0.39, 0.29) is 28.1 Å². The predicted molar refractivity (Wildman–Crippen MR) is 109 cm³/mol. The van der Waals surface area contributed by atoms with Gasteiger partial charge in [-0.15, -0.1) is 0 Å². The van der Waals surface area contributed by atoms with Gasteiger partial charge in [-0.1, -0.05) is 12.1 Å². The zero-order valence-electron chi connectivity index (χ0n) is 16.7. The van der Waals surface area contributed by atoms with Crippen molar-refractivity contribution in [3.05, 3.63) is 62.6 Å². The maximum atomic E-state index is 12.5. The maximum absolute atomic E-state index is 12.5. The lowest BCUT2D eigenvalue weighted by Gasteiger charge is -2.15. The highest BCUT2D eigenvalue weighted by Gasteiger charge is 2.21. The van der Waals surface area contributed by atoms with Gasteiger partial charge in [-0.3, -0.25) is 23.5 Å². The first-order chi connectivity index (χ1) is 14.6. The van der Waals surface area contributed by atoms with E-state index in [9.17, 15) is 29.1 Å². The van der Waals surface area contributed by atoms with Gasteiger partial charge in [0.05, 0.1) is 17.4 Å². The number of benzene rings is 1. The van der Waals surface area contributed by atoms with E-state index < -0.39 is 35.1 Å². The molecule has 0 spiro atoms. The molecule has 2 heterocycles. The standard InChI is InChI=1S/C19H18N6O6/c1-9(15(26)23-11-7-5-4-6-10(11)18(29)30)21-16(27)12-8-20-14-13(22-12)17(28)25(3)19(31)24(14)2/h4-9H,1-3H3,(H,21,27)(H,23,26)(H,29,30)/t9-/m0/s1. The number of fused-ring (bicyclic) bond motifs is 1. The lowest BCUT2D eigenvalue weighted by molar-refractivity contribution is -0.117. The number of aromatic carboxylic acids is 1. The summed E-state index contributed by atoms with van der Waals surface area (Å²) in [5.41, 5.74) is -1.71. The Hall–Kier alpha value is -4.35. The summed E-state index contributed by atoms with van der Waals surface area (Å²) in [6.07, 6.45) is 1.08. The van der Waals surface area contributed by atoms with E-state index in [1.807, 2.05) is 0 Å². The summed E-state index contributed by atoms with van der Waals surface area (Å²) >= 11 is 0. The van der Waals surface area contributed by atoms with E-state index in [1.165, 1.54) is 39.2 Å². The number of nitrogens with zero attached hydrogens (tertiary/aromatic N) is 4. The van der Waals surface area contributed by atoms with Crippen molar-refractivity contribution in [2.45, 2.75) is 13.0 Å².